The van der Waals surface area contributed by atoms with Crippen LogP contribution in [0.4, 0.5) is 0 Å². The van der Waals surface area contributed by atoms with Gasteiger partial charge in [-0.1, -0.05) is 32.0 Å². The number of aliphatic hydroxyl groups is 1. The molecular formula is C17H25NO2. The molecule has 3 heterocycles. The molecule has 3 nitrogen and oxygen atoms in total. The molecule has 0 saturated carbocycles. The van der Waals surface area contributed by atoms with Crippen LogP contribution < -0.4 is 4.74 Å². The van der Waals surface area contributed by atoms with E-state index in [1.54, 1.807) is 0 Å². The van der Waals surface area contributed by atoms with Crippen LogP contribution in [-0.4, -0.2) is 35.3 Å². The van der Waals surface area contributed by atoms with E-state index in [-0.39, 0.29) is 5.54 Å². The number of aliphatic hydroxyl groups excluding tert-OH is 1. The third-order valence-corrected chi connectivity index (χ3v) is 5.06. The highest BCUT2D eigenvalue weighted by molar-refractivity contribution is 5.40. The van der Waals surface area contributed by atoms with Gasteiger partial charge in [0.2, 0.25) is 0 Å². The summed E-state index contributed by atoms with van der Waals surface area (Å²) in [6.45, 7) is 6.22. The zero-order valence-electron chi connectivity index (χ0n) is 12.5. The van der Waals surface area contributed by atoms with Crippen LogP contribution in [0.5, 0.6) is 5.75 Å². The zero-order chi connectivity index (χ0) is 14.2. The largest absolute Gasteiger partial charge is 0.493 e. The van der Waals surface area contributed by atoms with E-state index in [1.165, 1.54) is 12.0 Å². The van der Waals surface area contributed by atoms with Gasteiger partial charge in [0.15, 0.2) is 0 Å². The van der Waals surface area contributed by atoms with Gasteiger partial charge in [0.25, 0.3) is 0 Å². The van der Waals surface area contributed by atoms with E-state index in [0.29, 0.717) is 18.6 Å². The number of para-hydroxylation sites is 1. The molecule has 0 aromatic heterocycles. The molecule has 0 bridgehead atoms. The fourth-order valence-electron chi connectivity index (χ4n) is 4.33. The molecule has 2 saturated heterocycles. The van der Waals surface area contributed by atoms with Crippen molar-refractivity contribution in [2.45, 2.75) is 44.7 Å². The molecule has 3 aliphatic heterocycles. The van der Waals surface area contributed by atoms with Crippen LogP contribution in [-0.2, 0) is 0 Å². The number of rotatable bonds is 1. The van der Waals surface area contributed by atoms with Gasteiger partial charge in [-0.15, -0.1) is 0 Å². The fourth-order valence-corrected chi connectivity index (χ4v) is 4.33. The van der Waals surface area contributed by atoms with Gasteiger partial charge in [0.1, 0.15) is 5.75 Å². The van der Waals surface area contributed by atoms with Gasteiger partial charge in [-0.3, -0.25) is 4.90 Å². The van der Waals surface area contributed by atoms with Crippen LogP contribution in [0.15, 0.2) is 24.3 Å². The van der Waals surface area contributed by atoms with Crippen LogP contribution in [0.25, 0.3) is 0 Å². The van der Waals surface area contributed by atoms with Gasteiger partial charge in [-0.25, -0.2) is 0 Å². The second kappa shape index (κ2) is 5.38. The minimum Gasteiger partial charge on any atom is -0.493 e. The third kappa shape index (κ3) is 1.87. The van der Waals surface area contributed by atoms with Crippen LogP contribution in [0, 0.1) is 5.92 Å². The Labute approximate surface area is 121 Å². The molecule has 20 heavy (non-hydrogen) atoms. The highest BCUT2D eigenvalue weighted by Crippen LogP contribution is 2.54. The second-order valence-electron chi connectivity index (χ2n) is 5.94. The minimum absolute atomic E-state index is 0.0378. The van der Waals surface area contributed by atoms with Crippen LogP contribution in [0.1, 0.15) is 44.7 Å². The molecule has 0 amide bonds. The van der Waals surface area contributed by atoms with Gasteiger partial charge in [0, 0.05) is 23.1 Å². The lowest BCUT2D eigenvalue weighted by Crippen LogP contribution is -2.42. The molecule has 3 atom stereocenters. The van der Waals surface area contributed by atoms with E-state index in [1.807, 2.05) is 19.9 Å². The molecule has 3 aliphatic rings. The van der Waals surface area contributed by atoms with Crippen LogP contribution in [0.2, 0.25) is 0 Å². The standard InChI is InChI=1S/C15H19NO2.C2H6/c17-10-15-6-3-7-16(15)14-11(8-15)9-18-13-5-2-1-4-12(13)14;1-2/h1-2,4-5,11,14,17H,3,6-10H2;1-2H3. The maximum atomic E-state index is 9.84. The number of fused-ring (bicyclic) bond motifs is 5. The molecule has 110 valence electrons. The minimum atomic E-state index is 0.0378. The highest BCUT2D eigenvalue weighted by Gasteiger charge is 2.55. The van der Waals surface area contributed by atoms with Crippen molar-refractivity contribution >= 4 is 0 Å². The number of nitrogens with zero attached hydrogens (tertiary/aromatic N) is 1. The number of hydrogen-bond acceptors (Lipinski definition) is 3. The number of benzene rings is 1. The van der Waals surface area contributed by atoms with Crippen molar-refractivity contribution in [3.05, 3.63) is 29.8 Å². The lowest BCUT2D eigenvalue weighted by molar-refractivity contribution is 0.0720. The molecule has 3 heteroatoms. The van der Waals surface area contributed by atoms with E-state index >= 15 is 0 Å². The van der Waals surface area contributed by atoms with Gasteiger partial charge >= 0.3 is 0 Å². The number of hydrogen-bond donors (Lipinski definition) is 1. The molecule has 0 radical (unpaired) electrons. The van der Waals surface area contributed by atoms with Crippen molar-refractivity contribution in [2.24, 2.45) is 5.92 Å². The summed E-state index contributed by atoms with van der Waals surface area (Å²) in [6.07, 6.45) is 3.44. The average Bonchev–Trinajstić information content (AvgIpc) is 3.05. The highest BCUT2D eigenvalue weighted by atomic mass is 16.5. The SMILES string of the molecule is CC.OCC12CCCN1C1c3ccccc3OCC1C2. The normalized spacial score (nSPS) is 34.4. The molecule has 3 unspecified atom stereocenters. The summed E-state index contributed by atoms with van der Waals surface area (Å²) in [5, 5.41) is 9.84. The summed E-state index contributed by atoms with van der Waals surface area (Å²) in [5.74, 6) is 1.59. The van der Waals surface area contributed by atoms with Crippen molar-refractivity contribution in [1.82, 2.24) is 4.90 Å². The van der Waals surface area contributed by atoms with E-state index < -0.39 is 0 Å². The van der Waals surface area contributed by atoms with Gasteiger partial charge < -0.3 is 9.84 Å². The molecule has 1 aromatic rings. The van der Waals surface area contributed by atoms with Crippen molar-refractivity contribution < 1.29 is 9.84 Å². The Morgan fingerprint density at radius 3 is 2.95 bits per heavy atom. The first-order valence-electron chi connectivity index (χ1n) is 7.93. The van der Waals surface area contributed by atoms with Gasteiger partial charge in [-0.2, -0.15) is 0 Å². The third-order valence-electron chi connectivity index (χ3n) is 5.06. The Kier molecular flexibility index (Phi) is 3.74. The Morgan fingerprint density at radius 2 is 2.15 bits per heavy atom. The molecule has 2 fully saturated rings. The average molecular weight is 275 g/mol. The lowest BCUT2D eigenvalue weighted by atomic mass is 9.86. The Balaban J connectivity index is 0.000000581. The molecule has 0 aliphatic carbocycles. The van der Waals surface area contributed by atoms with E-state index in [4.69, 9.17) is 4.74 Å². The quantitative estimate of drug-likeness (QED) is 0.855. The Bertz CT molecular complexity index is 476. The van der Waals surface area contributed by atoms with Gasteiger partial charge in [-0.05, 0) is 31.9 Å². The first-order valence-corrected chi connectivity index (χ1v) is 7.93. The maximum Gasteiger partial charge on any atom is 0.124 e. The van der Waals surface area contributed by atoms with Crippen molar-refractivity contribution in [2.75, 3.05) is 19.8 Å². The first-order chi connectivity index (χ1) is 9.84. The maximum absolute atomic E-state index is 9.84. The Hall–Kier alpha value is -1.06. The number of ether oxygens (including phenoxy) is 1. The topological polar surface area (TPSA) is 32.7 Å². The second-order valence-corrected chi connectivity index (χ2v) is 5.94. The fraction of sp³-hybridized carbons (Fsp3) is 0.647. The van der Waals surface area contributed by atoms with E-state index in [0.717, 1.165) is 31.7 Å². The molecular weight excluding hydrogens is 250 g/mol. The van der Waals surface area contributed by atoms with E-state index in [2.05, 4.69) is 23.1 Å². The monoisotopic (exact) mass is 275 g/mol. The summed E-state index contributed by atoms with van der Waals surface area (Å²) in [4.78, 5) is 2.55. The van der Waals surface area contributed by atoms with Crippen molar-refractivity contribution in [1.29, 1.82) is 0 Å². The summed E-state index contributed by atoms with van der Waals surface area (Å²) >= 11 is 0. The predicted octanol–water partition coefficient (Wildman–Crippen LogP) is 2.99. The summed E-state index contributed by atoms with van der Waals surface area (Å²) < 4.78 is 5.88. The summed E-state index contributed by atoms with van der Waals surface area (Å²) in [6, 6.07) is 8.86. The Morgan fingerprint density at radius 1 is 1.35 bits per heavy atom. The molecule has 4 rings (SSSR count). The molecule has 1 aromatic carbocycles. The predicted molar refractivity (Wildman–Crippen MR) is 79.9 cm³/mol. The molecule has 1 N–H and O–H groups in total. The van der Waals surface area contributed by atoms with Crippen molar-refractivity contribution in [3.8, 4) is 5.75 Å². The lowest BCUT2D eigenvalue weighted by Gasteiger charge is -2.36. The van der Waals surface area contributed by atoms with Crippen molar-refractivity contribution in [3.63, 3.8) is 0 Å². The smallest absolute Gasteiger partial charge is 0.124 e. The first kappa shape index (κ1) is 13.9. The zero-order valence-corrected chi connectivity index (χ0v) is 12.5. The summed E-state index contributed by atoms with van der Waals surface area (Å²) in [5.41, 5.74) is 1.36. The van der Waals surface area contributed by atoms with E-state index in [9.17, 15) is 5.11 Å². The van der Waals surface area contributed by atoms with Gasteiger partial charge in [0.05, 0.1) is 13.2 Å². The molecule has 0 spiro atoms. The summed E-state index contributed by atoms with van der Waals surface area (Å²) in [7, 11) is 0. The van der Waals surface area contributed by atoms with Crippen LogP contribution in [0.3, 0.4) is 0 Å². The van der Waals surface area contributed by atoms with Crippen LogP contribution >= 0.6 is 0 Å².